The summed E-state index contributed by atoms with van der Waals surface area (Å²) < 4.78 is 6.23. The molecule has 5 nitrogen and oxygen atoms in total. The van der Waals surface area contributed by atoms with Crippen molar-refractivity contribution in [1.82, 2.24) is 9.88 Å². The second-order valence-electron chi connectivity index (χ2n) is 5.59. The highest BCUT2D eigenvalue weighted by molar-refractivity contribution is 7.22. The number of carbonyl (C=O) groups excluding carboxylic acids is 1. The molecule has 1 amide bonds. The largest absolute Gasteiger partial charge is 0.497 e. The number of hydrogen-bond acceptors (Lipinski definition) is 5. The average Bonchev–Trinajstić information content (AvgIpc) is 2.72. The first-order valence-electron chi connectivity index (χ1n) is 7.71. The predicted octanol–water partition coefficient (Wildman–Crippen LogP) is 3.12. The summed E-state index contributed by atoms with van der Waals surface area (Å²) in [5.41, 5.74) is 0.885. The number of rotatable bonds is 4. The van der Waals surface area contributed by atoms with E-state index in [-0.39, 0.29) is 5.91 Å². The molecule has 0 aliphatic carbocycles. The monoisotopic (exact) mass is 319 g/mol. The Kier molecular flexibility index (Phi) is 4.90. The highest BCUT2D eigenvalue weighted by atomic mass is 32.1. The molecule has 0 radical (unpaired) electrons. The van der Waals surface area contributed by atoms with Crippen molar-refractivity contribution in [3.05, 3.63) is 18.2 Å². The van der Waals surface area contributed by atoms with Gasteiger partial charge in [0.15, 0.2) is 5.13 Å². The van der Waals surface area contributed by atoms with E-state index >= 15 is 0 Å². The van der Waals surface area contributed by atoms with Crippen LogP contribution in [0.25, 0.3) is 10.2 Å². The zero-order valence-electron chi connectivity index (χ0n) is 12.8. The summed E-state index contributed by atoms with van der Waals surface area (Å²) in [6, 6.07) is 5.73. The molecule has 1 N–H and O–H groups in total. The van der Waals surface area contributed by atoms with E-state index in [0.29, 0.717) is 11.7 Å². The van der Waals surface area contributed by atoms with Gasteiger partial charge in [-0.25, -0.2) is 4.98 Å². The summed E-state index contributed by atoms with van der Waals surface area (Å²) in [6.45, 7) is 2.49. The first-order valence-corrected chi connectivity index (χ1v) is 8.53. The molecule has 0 saturated carbocycles. The van der Waals surface area contributed by atoms with Crippen molar-refractivity contribution in [2.24, 2.45) is 0 Å². The number of fused-ring (bicyclic) bond motifs is 1. The van der Waals surface area contributed by atoms with Crippen molar-refractivity contribution in [1.29, 1.82) is 0 Å². The number of likely N-dealkylation sites (tertiary alicyclic amines) is 1. The van der Waals surface area contributed by atoms with Gasteiger partial charge in [0.1, 0.15) is 5.75 Å². The van der Waals surface area contributed by atoms with Gasteiger partial charge in [0, 0.05) is 0 Å². The molecular weight excluding hydrogens is 298 g/mol. The fourth-order valence-electron chi connectivity index (χ4n) is 2.74. The van der Waals surface area contributed by atoms with E-state index in [0.717, 1.165) is 29.1 Å². The van der Waals surface area contributed by atoms with Gasteiger partial charge in [0.25, 0.3) is 0 Å². The van der Waals surface area contributed by atoms with Crippen molar-refractivity contribution in [2.45, 2.75) is 25.7 Å². The summed E-state index contributed by atoms with van der Waals surface area (Å²) >= 11 is 1.48. The number of anilines is 1. The molecule has 1 aromatic carbocycles. The van der Waals surface area contributed by atoms with Crippen LogP contribution in [0.15, 0.2) is 18.2 Å². The molecule has 0 unspecified atom stereocenters. The van der Waals surface area contributed by atoms with E-state index in [9.17, 15) is 4.79 Å². The minimum absolute atomic E-state index is 0.0212. The van der Waals surface area contributed by atoms with Crippen molar-refractivity contribution in [2.75, 3.05) is 32.1 Å². The molecule has 118 valence electrons. The molecule has 1 fully saturated rings. The zero-order valence-corrected chi connectivity index (χ0v) is 13.6. The lowest BCUT2D eigenvalue weighted by Crippen LogP contribution is -2.33. The van der Waals surface area contributed by atoms with Crippen LogP contribution in [0.3, 0.4) is 0 Å². The smallest absolute Gasteiger partial charge is 0.240 e. The lowest BCUT2D eigenvalue weighted by molar-refractivity contribution is -0.117. The van der Waals surface area contributed by atoms with Crippen molar-refractivity contribution >= 4 is 32.6 Å². The maximum absolute atomic E-state index is 12.2. The summed E-state index contributed by atoms with van der Waals surface area (Å²) in [6.07, 6.45) is 4.93. The molecule has 0 atom stereocenters. The molecule has 1 aromatic heterocycles. The van der Waals surface area contributed by atoms with Crippen LogP contribution in [0.5, 0.6) is 5.75 Å². The minimum atomic E-state index is 0.0212. The number of hydrogen-bond donors (Lipinski definition) is 1. The fraction of sp³-hybridized carbons (Fsp3) is 0.500. The SMILES string of the molecule is COc1ccc2nc(NC(=O)CN3CCCCCC3)sc2c1. The highest BCUT2D eigenvalue weighted by Crippen LogP contribution is 2.29. The number of nitrogens with zero attached hydrogens (tertiary/aromatic N) is 2. The average molecular weight is 319 g/mol. The lowest BCUT2D eigenvalue weighted by atomic mass is 10.2. The summed E-state index contributed by atoms with van der Waals surface area (Å²) in [5.74, 6) is 0.825. The van der Waals surface area contributed by atoms with Gasteiger partial charge in [0.2, 0.25) is 5.91 Å². The molecule has 0 spiro atoms. The third kappa shape index (κ3) is 3.75. The molecule has 6 heteroatoms. The Hall–Kier alpha value is -1.66. The Morgan fingerprint density at radius 2 is 2.09 bits per heavy atom. The van der Waals surface area contributed by atoms with E-state index in [1.807, 2.05) is 18.2 Å². The number of nitrogens with one attached hydrogen (secondary N) is 1. The van der Waals surface area contributed by atoms with Crippen LogP contribution in [-0.4, -0.2) is 42.5 Å². The predicted molar refractivity (Wildman–Crippen MR) is 89.7 cm³/mol. The Balaban J connectivity index is 1.63. The van der Waals surface area contributed by atoms with E-state index in [4.69, 9.17) is 4.74 Å². The van der Waals surface area contributed by atoms with E-state index in [2.05, 4.69) is 15.2 Å². The Morgan fingerprint density at radius 1 is 1.32 bits per heavy atom. The van der Waals surface area contributed by atoms with Crippen molar-refractivity contribution < 1.29 is 9.53 Å². The second kappa shape index (κ2) is 7.07. The molecule has 1 aliphatic rings. The summed E-state index contributed by atoms with van der Waals surface area (Å²) in [7, 11) is 1.64. The zero-order chi connectivity index (χ0) is 15.4. The maximum Gasteiger partial charge on any atom is 0.240 e. The number of benzene rings is 1. The number of carbonyl (C=O) groups is 1. The number of amides is 1. The number of methoxy groups -OCH3 is 1. The van der Waals surface area contributed by atoms with Gasteiger partial charge in [-0.15, -0.1) is 0 Å². The van der Waals surface area contributed by atoms with Crippen LogP contribution in [0, 0.1) is 0 Å². The van der Waals surface area contributed by atoms with Gasteiger partial charge < -0.3 is 10.1 Å². The number of thiazole rings is 1. The Morgan fingerprint density at radius 3 is 2.82 bits per heavy atom. The number of aromatic nitrogens is 1. The van der Waals surface area contributed by atoms with Gasteiger partial charge in [-0.3, -0.25) is 9.69 Å². The quantitative estimate of drug-likeness (QED) is 0.941. The van der Waals surface area contributed by atoms with E-state index < -0.39 is 0 Å². The van der Waals surface area contributed by atoms with E-state index in [1.54, 1.807) is 7.11 Å². The van der Waals surface area contributed by atoms with Gasteiger partial charge in [-0.1, -0.05) is 24.2 Å². The molecule has 1 aliphatic heterocycles. The lowest BCUT2D eigenvalue weighted by Gasteiger charge is -2.18. The highest BCUT2D eigenvalue weighted by Gasteiger charge is 2.14. The standard InChI is InChI=1S/C16H21N3O2S/c1-21-12-6-7-13-14(10-12)22-16(17-13)18-15(20)11-19-8-4-2-3-5-9-19/h6-7,10H,2-5,8-9,11H2,1H3,(H,17,18,20). The summed E-state index contributed by atoms with van der Waals surface area (Å²) in [4.78, 5) is 18.9. The molecule has 0 bridgehead atoms. The second-order valence-corrected chi connectivity index (χ2v) is 6.62. The fourth-order valence-corrected chi connectivity index (χ4v) is 3.65. The first-order chi connectivity index (χ1) is 10.7. The molecule has 3 rings (SSSR count). The normalized spacial score (nSPS) is 16.4. The van der Waals surface area contributed by atoms with Crippen LogP contribution in [-0.2, 0) is 4.79 Å². The topological polar surface area (TPSA) is 54.5 Å². The van der Waals surface area contributed by atoms with Crippen molar-refractivity contribution in [3.8, 4) is 5.75 Å². The van der Waals surface area contributed by atoms with Crippen LogP contribution in [0.4, 0.5) is 5.13 Å². The molecule has 22 heavy (non-hydrogen) atoms. The first kappa shape index (κ1) is 15.2. The molecule has 2 aromatic rings. The molecule has 2 heterocycles. The Bertz CT molecular complexity index is 648. The third-order valence-electron chi connectivity index (χ3n) is 3.91. The van der Waals surface area contributed by atoms with E-state index in [1.165, 1.54) is 37.0 Å². The number of ether oxygens (including phenoxy) is 1. The van der Waals surface area contributed by atoms with Crippen LogP contribution in [0.1, 0.15) is 25.7 Å². The Labute approximate surface area is 134 Å². The summed E-state index contributed by atoms with van der Waals surface area (Å²) in [5, 5.41) is 3.58. The van der Waals surface area contributed by atoms with Gasteiger partial charge in [-0.05, 0) is 44.1 Å². The maximum atomic E-state index is 12.2. The van der Waals surface area contributed by atoms with Crippen LogP contribution in [0.2, 0.25) is 0 Å². The van der Waals surface area contributed by atoms with Gasteiger partial charge in [0.05, 0.1) is 23.9 Å². The van der Waals surface area contributed by atoms with Gasteiger partial charge >= 0.3 is 0 Å². The van der Waals surface area contributed by atoms with Crippen molar-refractivity contribution in [3.63, 3.8) is 0 Å². The van der Waals surface area contributed by atoms with Gasteiger partial charge in [-0.2, -0.15) is 0 Å². The van der Waals surface area contributed by atoms with Crippen LogP contribution >= 0.6 is 11.3 Å². The third-order valence-corrected chi connectivity index (χ3v) is 4.84. The minimum Gasteiger partial charge on any atom is -0.497 e. The molecular formula is C16H21N3O2S. The van der Waals surface area contributed by atoms with Crippen LogP contribution < -0.4 is 10.1 Å². The molecule has 1 saturated heterocycles.